The van der Waals surface area contributed by atoms with Gasteiger partial charge in [-0.25, -0.2) is 4.79 Å². The number of rotatable bonds is 5. The first-order valence-electron chi connectivity index (χ1n) is 8.52. The second-order valence-corrected chi connectivity index (χ2v) is 8.65. The lowest BCUT2D eigenvalue weighted by Gasteiger charge is -2.10. The van der Waals surface area contributed by atoms with Gasteiger partial charge in [-0.15, -0.1) is 21.5 Å². The van der Waals surface area contributed by atoms with Crippen molar-refractivity contribution >= 4 is 56.4 Å². The van der Waals surface area contributed by atoms with Crippen LogP contribution in [0.2, 0.25) is 5.02 Å². The number of Topliss-reactive ketones (excluding diaryl/α,β-unsaturated/α-hetero) is 1. The van der Waals surface area contributed by atoms with E-state index < -0.39 is 17.0 Å². The molecule has 9 nitrogen and oxygen atoms in total. The van der Waals surface area contributed by atoms with E-state index in [0.717, 1.165) is 31.0 Å². The highest BCUT2D eigenvalue weighted by Gasteiger charge is 2.22. The molecule has 30 heavy (non-hydrogen) atoms. The number of hydrogen-bond acceptors (Lipinski definition) is 9. The van der Waals surface area contributed by atoms with E-state index >= 15 is 0 Å². The Labute approximate surface area is 182 Å². The normalized spacial score (nSPS) is 11.3. The molecule has 4 rings (SSSR count). The van der Waals surface area contributed by atoms with Crippen molar-refractivity contribution in [3.8, 4) is 10.8 Å². The van der Waals surface area contributed by atoms with Crippen LogP contribution in [0, 0.1) is 0 Å². The summed E-state index contributed by atoms with van der Waals surface area (Å²) >= 11 is 8.82. The predicted octanol–water partition coefficient (Wildman–Crippen LogP) is 2.56. The molecule has 0 radical (unpaired) electrons. The van der Waals surface area contributed by atoms with E-state index in [2.05, 4.69) is 10.2 Å². The van der Waals surface area contributed by atoms with Crippen LogP contribution in [0.25, 0.3) is 20.9 Å². The summed E-state index contributed by atoms with van der Waals surface area (Å²) in [4.78, 5) is 37.4. The molecule has 0 saturated heterocycles. The van der Waals surface area contributed by atoms with E-state index in [1.165, 1.54) is 25.4 Å². The van der Waals surface area contributed by atoms with Crippen molar-refractivity contribution in [1.29, 1.82) is 0 Å². The standard InChI is InChI=1S/C18H14ClN5O4S2/c1-23-14(20)11(16(26)24(2)18(23)27)9(25)7-29-17-22-21-15(28-17)13-12(19)8-5-3-4-6-10(8)30-13/h3-6H,7,20H2,1-2H3. The fourth-order valence-corrected chi connectivity index (χ4v) is 4.90. The molecule has 0 aliphatic heterocycles. The van der Waals surface area contributed by atoms with Crippen molar-refractivity contribution in [2.75, 3.05) is 11.5 Å². The predicted molar refractivity (Wildman–Crippen MR) is 117 cm³/mol. The number of anilines is 1. The molecule has 0 aliphatic carbocycles. The number of nitrogens with two attached hydrogens (primary N) is 1. The Morgan fingerprint density at radius 3 is 2.70 bits per heavy atom. The molecule has 0 bridgehead atoms. The fourth-order valence-electron chi connectivity index (χ4n) is 2.83. The van der Waals surface area contributed by atoms with Gasteiger partial charge in [-0.1, -0.05) is 41.6 Å². The summed E-state index contributed by atoms with van der Waals surface area (Å²) in [6.07, 6.45) is 0. The van der Waals surface area contributed by atoms with Gasteiger partial charge in [0.25, 0.3) is 16.7 Å². The number of carbonyl (C=O) groups is 1. The number of nitrogen functional groups attached to an aromatic ring is 1. The molecule has 0 atom stereocenters. The minimum Gasteiger partial charge on any atom is -0.410 e. The molecule has 0 saturated carbocycles. The minimum atomic E-state index is -0.746. The van der Waals surface area contributed by atoms with E-state index in [1.807, 2.05) is 24.3 Å². The van der Waals surface area contributed by atoms with Gasteiger partial charge in [-0.2, -0.15) is 0 Å². The average molecular weight is 464 g/mol. The molecule has 0 fully saturated rings. The maximum atomic E-state index is 12.6. The highest BCUT2D eigenvalue weighted by atomic mass is 35.5. The Balaban J connectivity index is 1.57. The number of thiophene rings is 1. The second-order valence-electron chi connectivity index (χ2n) is 6.29. The van der Waals surface area contributed by atoms with Crippen molar-refractivity contribution in [3.63, 3.8) is 0 Å². The summed E-state index contributed by atoms with van der Waals surface area (Å²) in [6, 6.07) is 7.65. The highest BCUT2D eigenvalue weighted by Crippen LogP contribution is 2.41. The maximum absolute atomic E-state index is 12.6. The van der Waals surface area contributed by atoms with Gasteiger partial charge in [0.1, 0.15) is 16.3 Å². The van der Waals surface area contributed by atoms with Crippen molar-refractivity contribution < 1.29 is 9.21 Å². The summed E-state index contributed by atoms with van der Waals surface area (Å²) < 4.78 is 8.51. The summed E-state index contributed by atoms with van der Waals surface area (Å²) in [5, 5.41) is 9.50. The van der Waals surface area contributed by atoms with Gasteiger partial charge >= 0.3 is 5.69 Å². The van der Waals surface area contributed by atoms with Crippen LogP contribution in [0.4, 0.5) is 5.82 Å². The van der Waals surface area contributed by atoms with Crippen molar-refractivity contribution in [2.45, 2.75) is 5.22 Å². The topological polar surface area (TPSA) is 126 Å². The van der Waals surface area contributed by atoms with Crippen molar-refractivity contribution in [3.05, 3.63) is 55.7 Å². The van der Waals surface area contributed by atoms with Crippen LogP contribution in [-0.4, -0.2) is 30.9 Å². The van der Waals surface area contributed by atoms with Gasteiger partial charge in [0.2, 0.25) is 0 Å². The van der Waals surface area contributed by atoms with Gasteiger partial charge < -0.3 is 10.2 Å². The molecule has 1 aromatic carbocycles. The summed E-state index contributed by atoms with van der Waals surface area (Å²) in [5.74, 6) is -0.654. The van der Waals surface area contributed by atoms with E-state index in [4.69, 9.17) is 21.8 Å². The van der Waals surface area contributed by atoms with Gasteiger partial charge in [-0.3, -0.25) is 18.7 Å². The van der Waals surface area contributed by atoms with Gasteiger partial charge in [0.05, 0.1) is 10.8 Å². The Hall–Kier alpha value is -2.89. The minimum absolute atomic E-state index is 0.145. The van der Waals surface area contributed by atoms with Crippen LogP contribution in [0.1, 0.15) is 10.4 Å². The first kappa shape index (κ1) is 20.4. The Bertz CT molecular complexity index is 1420. The molecule has 154 valence electrons. The summed E-state index contributed by atoms with van der Waals surface area (Å²) in [7, 11) is 2.67. The summed E-state index contributed by atoms with van der Waals surface area (Å²) in [5.41, 5.74) is 4.21. The number of ketones is 1. The molecular formula is C18H14ClN5O4S2. The second kappa shape index (κ2) is 7.74. The third-order valence-electron chi connectivity index (χ3n) is 4.45. The number of halogens is 1. The largest absolute Gasteiger partial charge is 0.410 e. The lowest BCUT2D eigenvalue weighted by Crippen LogP contribution is -2.41. The zero-order valence-corrected chi connectivity index (χ0v) is 18.1. The smallest absolute Gasteiger partial charge is 0.332 e. The maximum Gasteiger partial charge on any atom is 0.332 e. The van der Waals surface area contributed by atoms with E-state index in [-0.39, 0.29) is 28.2 Å². The molecule has 0 unspecified atom stereocenters. The molecule has 0 aliphatic rings. The SMILES string of the molecule is Cn1c(N)c(C(=O)CSc2nnc(-c3sc4ccccc4c3Cl)o2)c(=O)n(C)c1=O. The molecule has 2 N–H and O–H groups in total. The number of nitrogens with zero attached hydrogens (tertiary/aromatic N) is 4. The zero-order chi connectivity index (χ0) is 21.6. The van der Waals surface area contributed by atoms with Crippen molar-refractivity contribution in [2.24, 2.45) is 14.1 Å². The molecule has 0 amide bonds. The third kappa shape index (κ3) is 3.34. The van der Waals surface area contributed by atoms with Crippen LogP contribution < -0.4 is 17.0 Å². The monoisotopic (exact) mass is 463 g/mol. The number of hydrogen-bond donors (Lipinski definition) is 1. The number of thioether (sulfide) groups is 1. The van der Waals surface area contributed by atoms with E-state index in [9.17, 15) is 14.4 Å². The molecule has 12 heteroatoms. The van der Waals surface area contributed by atoms with Gasteiger partial charge in [0, 0.05) is 24.2 Å². The fraction of sp³-hybridized carbons (Fsp3) is 0.167. The molecular weight excluding hydrogens is 450 g/mol. The summed E-state index contributed by atoms with van der Waals surface area (Å²) in [6.45, 7) is 0. The Kier molecular flexibility index (Phi) is 5.26. The quantitative estimate of drug-likeness (QED) is 0.353. The number of carbonyl (C=O) groups excluding carboxylic acids is 1. The van der Waals surface area contributed by atoms with Crippen LogP contribution >= 0.6 is 34.7 Å². The lowest BCUT2D eigenvalue weighted by atomic mass is 10.2. The number of benzene rings is 1. The zero-order valence-electron chi connectivity index (χ0n) is 15.7. The van der Waals surface area contributed by atoms with Crippen LogP contribution in [0.3, 0.4) is 0 Å². The van der Waals surface area contributed by atoms with Crippen LogP contribution in [0.15, 0.2) is 43.5 Å². The lowest BCUT2D eigenvalue weighted by molar-refractivity contribution is 0.102. The van der Waals surface area contributed by atoms with E-state index in [0.29, 0.717) is 9.90 Å². The van der Waals surface area contributed by atoms with Gasteiger partial charge in [-0.05, 0) is 6.07 Å². The highest BCUT2D eigenvalue weighted by molar-refractivity contribution is 7.99. The van der Waals surface area contributed by atoms with Crippen molar-refractivity contribution in [1.82, 2.24) is 19.3 Å². The third-order valence-corrected chi connectivity index (χ3v) is 6.93. The molecule has 3 heterocycles. The van der Waals surface area contributed by atoms with Gasteiger partial charge in [0.15, 0.2) is 5.78 Å². The number of aromatic nitrogens is 4. The Morgan fingerprint density at radius 1 is 1.23 bits per heavy atom. The van der Waals surface area contributed by atoms with Crippen LogP contribution in [-0.2, 0) is 14.1 Å². The molecule has 4 aromatic rings. The molecule has 3 aromatic heterocycles. The number of fused-ring (bicyclic) bond motifs is 1. The first-order chi connectivity index (χ1) is 14.3. The average Bonchev–Trinajstić information content (AvgIpc) is 3.34. The first-order valence-corrected chi connectivity index (χ1v) is 10.7. The molecule has 0 spiro atoms. The van der Waals surface area contributed by atoms with Crippen LogP contribution in [0.5, 0.6) is 0 Å². The Morgan fingerprint density at radius 2 is 1.97 bits per heavy atom. The van der Waals surface area contributed by atoms with E-state index in [1.54, 1.807) is 0 Å².